The third kappa shape index (κ3) is 2.89. The third-order valence-electron chi connectivity index (χ3n) is 5.16. The van der Waals surface area contributed by atoms with Gasteiger partial charge < -0.3 is 14.4 Å². The summed E-state index contributed by atoms with van der Waals surface area (Å²) in [5.41, 5.74) is 2.24. The Balaban J connectivity index is 1.72. The molecule has 7 heteroatoms. The number of aryl methyl sites for hydroxylation is 1. The lowest BCUT2D eigenvalue weighted by atomic mass is 9.98. The van der Waals surface area contributed by atoms with E-state index in [-0.39, 0.29) is 11.5 Å². The highest BCUT2D eigenvalue weighted by Gasteiger charge is 2.26. The second-order valence-corrected chi connectivity index (χ2v) is 6.78. The number of nitrogens with zero attached hydrogens (tertiary/aromatic N) is 3. The number of amides is 1. The van der Waals surface area contributed by atoms with Crippen LogP contribution >= 0.6 is 0 Å². The molecule has 28 heavy (non-hydrogen) atoms. The Bertz CT molecular complexity index is 1140. The summed E-state index contributed by atoms with van der Waals surface area (Å²) in [6, 6.07) is 11.0. The topological polar surface area (TPSA) is 73.7 Å². The molecule has 4 rings (SSSR count). The number of carbonyl (C=O) groups is 1. The van der Waals surface area contributed by atoms with Crippen molar-refractivity contribution in [2.45, 2.75) is 13.0 Å². The van der Waals surface area contributed by atoms with E-state index in [9.17, 15) is 9.59 Å². The quantitative estimate of drug-likeness (QED) is 0.697. The van der Waals surface area contributed by atoms with Crippen LogP contribution in [0.1, 0.15) is 21.6 Å². The molecule has 0 atom stereocenters. The highest BCUT2D eigenvalue weighted by molar-refractivity contribution is 6.04. The van der Waals surface area contributed by atoms with E-state index in [2.05, 4.69) is 5.10 Å². The molecule has 7 nitrogen and oxygen atoms in total. The molecule has 2 aromatic carbocycles. The van der Waals surface area contributed by atoms with Gasteiger partial charge in [-0.2, -0.15) is 5.10 Å². The lowest BCUT2D eigenvalue weighted by molar-refractivity contribution is 0.0728. The second-order valence-electron chi connectivity index (χ2n) is 6.78. The van der Waals surface area contributed by atoms with Crippen molar-refractivity contribution in [3.63, 3.8) is 0 Å². The number of carbonyl (C=O) groups excluding carboxylic acids is 1. The van der Waals surface area contributed by atoms with Crippen molar-refractivity contribution in [1.29, 1.82) is 0 Å². The molecular weight excluding hydrogens is 358 g/mol. The van der Waals surface area contributed by atoms with E-state index in [1.165, 1.54) is 4.68 Å². The van der Waals surface area contributed by atoms with E-state index in [1.807, 2.05) is 18.2 Å². The molecule has 0 fully saturated rings. The van der Waals surface area contributed by atoms with Gasteiger partial charge in [0.05, 0.1) is 19.6 Å². The van der Waals surface area contributed by atoms with Gasteiger partial charge in [-0.15, -0.1) is 0 Å². The molecule has 0 saturated heterocycles. The van der Waals surface area contributed by atoms with Crippen LogP contribution in [0.2, 0.25) is 0 Å². The van der Waals surface area contributed by atoms with E-state index in [0.717, 1.165) is 11.1 Å². The van der Waals surface area contributed by atoms with Gasteiger partial charge in [0, 0.05) is 25.5 Å². The standard InChI is InChI=1S/C21H21N3O4/c1-23-20(25)16-7-5-4-6-15(16)19(22-23)21(26)24-9-8-13-10-17(27-2)18(28-3)11-14(13)12-24/h4-7,10-11H,8-9,12H2,1-3H3. The largest absolute Gasteiger partial charge is 0.493 e. The van der Waals surface area contributed by atoms with Gasteiger partial charge in [-0.3, -0.25) is 9.59 Å². The number of methoxy groups -OCH3 is 2. The predicted molar refractivity (Wildman–Crippen MR) is 105 cm³/mol. The Labute approximate surface area is 162 Å². The Morgan fingerprint density at radius 2 is 1.68 bits per heavy atom. The summed E-state index contributed by atoms with van der Waals surface area (Å²) >= 11 is 0. The van der Waals surface area contributed by atoms with Gasteiger partial charge in [-0.1, -0.05) is 18.2 Å². The maximum absolute atomic E-state index is 13.3. The van der Waals surface area contributed by atoms with Crippen LogP contribution in [0.25, 0.3) is 10.8 Å². The van der Waals surface area contributed by atoms with Gasteiger partial charge in [-0.25, -0.2) is 4.68 Å². The van der Waals surface area contributed by atoms with Crippen LogP contribution in [0.5, 0.6) is 11.5 Å². The van der Waals surface area contributed by atoms with Crippen molar-refractivity contribution < 1.29 is 14.3 Å². The minimum atomic E-state index is -0.215. The first-order chi connectivity index (χ1) is 13.5. The van der Waals surface area contributed by atoms with Gasteiger partial charge in [0.25, 0.3) is 11.5 Å². The molecule has 0 unspecified atom stereocenters. The molecule has 2 heterocycles. The Hall–Kier alpha value is -3.35. The number of hydrogen-bond acceptors (Lipinski definition) is 5. The van der Waals surface area contributed by atoms with Crippen molar-refractivity contribution in [2.24, 2.45) is 7.05 Å². The van der Waals surface area contributed by atoms with E-state index in [1.54, 1.807) is 44.4 Å². The molecule has 0 saturated carbocycles. The van der Waals surface area contributed by atoms with Crippen LogP contribution in [-0.4, -0.2) is 41.4 Å². The van der Waals surface area contributed by atoms with Gasteiger partial charge in [0.1, 0.15) is 0 Å². The number of rotatable bonds is 3. The predicted octanol–water partition coefficient (Wildman–Crippen LogP) is 2.15. The summed E-state index contributed by atoms with van der Waals surface area (Å²) in [7, 11) is 4.77. The van der Waals surface area contributed by atoms with Crippen LogP contribution < -0.4 is 15.0 Å². The third-order valence-corrected chi connectivity index (χ3v) is 5.16. The van der Waals surface area contributed by atoms with Gasteiger partial charge >= 0.3 is 0 Å². The first kappa shape index (κ1) is 18.0. The average Bonchev–Trinajstić information content (AvgIpc) is 2.74. The number of aromatic nitrogens is 2. The Morgan fingerprint density at radius 3 is 2.36 bits per heavy atom. The van der Waals surface area contributed by atoms with Crippen LogP contribution in [0, 0.1) is 0 Å². The molecule has 0 aliphatic carbocycles. The van der Waals surface area contributed by atoms with Crippen LogP contribution in [0.3, 0.4) is 0 Å². The molecular formula is C21H21N3O4. The minimum Gasteiger partial charge on any atom is -0.493 e. The summed E-state index contributed by atoms with van der Waals surface area (Å²) < 4.78 is 12.0. The highest BCUT2D eigenvalue weighted by atomic mass is 16.5. The zero-order chi connectivity index (χ0) is 19.8. The molecule has 0 radical (unpaired) electrons. The Kier molecular flexibility index (Phi) is 4.50. The van der Waals surface area contributed by atoms with Crippen molar-refractivity contribution in [3.05, 3.63) is 63.6 Å². The van der Waals surface area contributed by atoms with Gasteiger partial charge in [-0.05, 0) is 35.7 Å². The first-order valence-electron chi connectivity index (χ1n) is 9.02. The molecule has 0 N–H and O–H groups in total. The summed E-state index contributed by atoms with van der Waals surface area (Å²) in [5.74, 6) is 1.14. The lowest BCUT2D eigenvalue weighted by Crippen LogP contribution is -2.37. The van der Waals surface area contributed by atoms with Crippen molar-refractivity contribution >= 4 is 16.7 Å². The smallest absolute Gasteiger partial charge is 0.275 e. The summed E-state index contributed by atoms with van der Waals surface area (Å²) in [6.45, 7) is 1.02. The summed E-state index contributed by atoms with van der Waals surface area (Å²) in [6.07, 6.45) is 0.713. The van der Waals surface area contributed by atoms with Crippen LogP contribution in [0.4, 0.5) is 0 Å². The van der Waals surface area contributed by atoms with Gasteiger partial charge in [0.2, 0.25) is 0 Å². The fourth-order valence-corrected chi connectivity index (χ4v) is 3.66. The maximum Gasteiger partial charge on any atom is 0.275 e. The molecule has 1 amide bonds. The fraction of sp³-hybridized carbons (Fsp3) is 0.286. The van der Waals surface area contributed by atoms with E-state index in [4.69, 9.17) is 9.47 Å². The Morgan fingerprint density at radius 1 is 1.04 bits per heavy atom. The lowest BCUT2D eigenvalue weighted by Gasteiger charge is -2.29. The first-order valence-corrected chi connectivity index (χ1v) is 9.02. The average molecular weight is 379 g/mol. The molecule has 0 spiro atoms. The molecule has 0 bridgehead atoms. The fourth-order valence-electron chi connectivity index (χ4n) is 3.66. The van der Waals surface area contributed by atoms with Crippen molar-refractivity contribution in [3.8, 4) is 11.5 Å². The molecule has 1 aliphatic heterocycles. The zero-order valence-corrected chi connectivity index (χ0v) is 16.1. The number of hydrogen-bond donors (Lipinski definition) is 0. The van der Waals surface area contributed by atoms with Crippen LogP contribution in [0.15, 0.2) is 41.2 Å². The van der Waals surface area contributed by atoms with Crippen molar-refractivity contribution in [2.75, 3.05) is 20.8 Å². The maximum atomic E-state index is 13.3. The summed E-state index contributed by atoms with van der Waals surface area (Å²) in [4.78, 5) is 27.3. The van der Waals surface area contributed by atoms with E-state index >= 15 is 0 Å². The number of fused-ring (bicyclic) bond motifs is 2. The minimum absolute atomic E-state index is 0.188. The monoisotopic (exact) mass is 379 g/mol. The number of ether oxygens (including phenoxy) is 2. The van der Waals surface area contributed by atoms with E-state index in [0.29, 0.717) is 47.5 Å². The van der Waals surface area contributed by atoms with Gasteiger partial charge in [0.15, 0.2) is 17.2 Å². The molecule has 144 valence electrons. The van der Waals surface area contributed by atoms with Crippen molar-refractivity contribution in [1.82, 2.24) is 14.7 Å². The summed E-state index contributed by atoms with van der Waals surface area (Å²) in [5, 5.41) is 5.33. The number of benzene rings is 2. The molecule has 1 aromatic heterocycles. The second kappa shape index (κ2) is 6.99. The zero-order valence-electron chi connectivity index (χ0n) is 16.1. The molecule has 1 aliphatic rings. The van der Waals surface area contributed by atoms with E-state index < -0.39 is 0 Å². The highest BCUT2D eigenvalue weighted by Crippen LogP contribution is 2.33. The SMILES string of the molecule is COc1cc2c(cc1OC)CN(C(=O)c1nn(C)c(=O)c3ccccc13)CC2. The normalized spacial score (nSPS) is 13.3. The molecule has 3 aromatic rings. The van der Waals surface area contributed by atoms with Crippen LogP contribution in [-0.2, 0) is 20.0 Å².